The van der Waals surface area contributed by atoms with Gasteiger partial charge in [0, 0.05) is 10.9 Å². The molecule has 0 aliphatic carbocycles. The Morgan fingerprint density at radius 3 is 1.82 bits per heavy atom. The zero-order chi connectivity index (χ0) is 15.4. The van der Waals surface area contributed by atoms with Gasteiger partial charge in [-0.3, -0.25) is 9.59 Å². The van der Waals surface area contributed by atoms with Crippen molar-refractivity contribution in [3.8, 4) is 0 Å². The van der Waals surface area contributed by atoms with Gasteiger partial charge in [0.1, 0.15) is 0 Å². The van der Waals surface area contributed by atoms with Gasteiger partial charge in [-0.25, -0.2) is 0 Å². The van der Waals surface area contributed by atoms with Crippen LogP contribution in [0.25, 0.3) is 32.4 Å². The van der Waals surface area contributed by atoms with Crippen LogP contribution >= 0.6 is 0 Å². The highest BCUT2D eigenvalue weighted by Gasteiger charge is 2.14. The minimum absolute atomic E-state index is 0.300. The predicted molar refractivity (Wildman–Crippen MR) is 89.8 cm³/mol. The third-order valence-corrected chi connectivity index (χ3v) is 4.93. The highest BCUT2D eigenvalue weighted by molar-refractivity contribution is 6.27. The molecule has 1 heterocycles. The first-order valence-corrected chi connectivity index (χ1v) is 7.76. The fourth-order valence-corrected chi connectivity index (χ4v) is 3.79. The van der Waals surface area contributed by atoms with Crippen molar-refractivity contribution >= 4 is 65.5 Å². The predicted octanol–water partition coefficient (Wildman–Crippen LogP) is 1.33. The number of hydrogen-bond donors (Lipinski definition) is 0. The first-order valence-electron chi connectivity index (χ1n) is 6.72. The molecule has 100 valence electrons. The first kappa shape index (κ1) is 13.8. The molecule has 4 rings (SSSR count). The van der Waals surface area contributed by atoms with Gasteiger partial charge in [0.2, 0.25) is 5.56 Å². The van der Waals surface area contributed by atoms with Crippen molar-refractivity contribution in [2.24, 2.45) is 0 Å². The van der Waals surface area contributed by atoms with Gasteiger partial charge in [-0.2, -0.15) is 0 Å². The van der Waals surface area contributed by atoms with E-state index in [4.69, 9.17) is 0 Å². The molecule has 4 nitrogen and oxygen atoms in total. The molecule has 6 heteroatoms. The lowest BCUT2D eigenvalue weighted by Crippen LogP contribution is -2.39. The summed E-state index contributed by atoms with van der Waals surface area (Å²) in [6.07, 6.45) is 0. The van der Waals surface area contributed by atoms with E-state index in [1.54, 1.807) is 0 Å². The number of nitrogens with zero attached hydrogens (tertiary/aromatic N) is 2. The summed E-state index contributed by atoms with van der Waals surface area (Å²) in [5.41, 5.74) is -0.0356. The second kappa shape index (κ2) is 4.85. The van der Waals surface area contributed by atoms with E-state index in [0.717, 1.165) is 25.1 Å². The van der Waals surface area contributed by atoms with Gasteiger partial charge >= 0.3 is 33.0 Å². The first-order chi connectivity index (χ1) is 10.6. The topological polar surface area (TPSA) is 44.0 Å². The quantitative estimate of drug-likeness (QED) is 0.363. The second-order valence-corrected chi connectivity index (χ2v) is 6.18. The average Bonchev–Trinajstić information content (AvgIpc) is 2.57. The van der Waals surface area contributed by atoms with E-state index in [9.17, 15) is 9.59 Å². The molecule has 0 saturated heterocycles. The van der Waals surface area contributed by atoms with Crippen LogP contribution in [0.1, 0.15) is 0 Å². The number of fused-ring (bicyclic) bond motifs is 6. The Morgan fingerprint density at radius 1 is 0.682 bits per heavy atom. The Labute approximate surface area is 141 Å². The SMILES string of the molecule is O=c1c2c3ccccc3c3ccccc3c2[n]([Al])c(=O)[n]1[Al]. The van der Waals surface area contributed by atoms with Crippen LogP contribution in [0, 0.1) is 0 Å². The number of rotatable bonds is 0. The maximum atomic E-state index is 12.7. The molecule has 0 amide bonds. The Bertz CT molecular complexity index is 1190. The van der Waals surface area contributed by atoms with Crippen molar-refractivity contribution in [3.63, 3.8) is 0 Å². The summed E-state index contributed by atoms with van der Waals surface area (Å²) in [7, 11) is 0. The molecule has 0 aliphatic heterocycles. The Morgan fingerprint density at radius 2 is 1.18 bits per heavy atom. The summed E-state index contributed by atoms with van der Waals surface area (Å²) in [5, 5.41) is 4.34. The molecular weight excluding hydrogens is 306 g/mol. The van der Waals surface area contributed by atoms with Crippen LogP contribution in [0.4, 0.5) is 0 Å². The monoisotopic (exact) mass is 314 g/mol. The van der Waals surface area contributed by atoms with Gasteiger partial charge in [-0.05, 0) is 16.2 Å². The molecule has 0 saturated carbocycles. The molecule has 0 atom stereocenters. The highest BCUT2D eigenvalue weighted by atomic mass is 27.1. The summed E-state index contributed by atoms with van der Waals surface area (Å²) in [6, 6.07) is 15.6. The average molecular weight is 314 g/mol. The molecule has 0 spiro atoms. The van der Waals surface area contributed by atoms with E-state index in [1.807, 2.05) is 48.5 Å². The molecule has 0 aliphatic rings. The van der Waals surface area contributed by atoms with E-state index in [-0.39, 0.29) is 11.2 Å². The Hall–Kier alpha value is -1.82. The van der Waals surface area contributed by atoms with Crippen molar-refractivity contribution in [2.75, 3.05) is 0 Å². The minimum Gasteiger partial charge on any atom is -0.408 e. The van der Waals surface area contributed by atoms with Crippen LogP contribution in [0.15, 0.2) is 58.1 Å². The van der Waals surface area contributed by atoms with Crippen LogP contribution < -0.4 is 11.2 Å². The van der Waals surface area contributed by atoms with Gasteiger partial charge in [0.15, 0.2) is 0 Å². The minimum atomic E-state index is -0.382. The molecule has 0 unspecified atom stereocenters. The lowest BCUT2D eigenvalue weighted by molar-refractivity contribution is 0.963. The van der Waals surface area contributed by atoms with Crippen LogP contribution in [0.3, 0.4) is 0 Å². The Balaban J connectivity index is 2.57. The van der Waals surface area contributed by atoms with E-state index < -0.39 is 0 Å². The normalized spacial score (nSPS) is 11.5. The molecular formula is C16H8Al2N2O2. The molecule has 3 aromatic carbocycles. The fourth-order valence-electron chi connectivity index (χ4n) is 3.01. The summed E-state index contributed by atoms with van der Waals surface area (Å²) in [4.78, 5) is 24.9. The van der Waals surface area contributed by atoms with Crippen molar-refractivity contribution in [2.45, 2.75) is 0 Å². The van der Waals surface area contributed by atoms with Crippen molar-refractivity contribution < 1.29 is 0 Å². The molecule has 0 N–H and O–H groups in total. The van der Waals surface area contributed by atoms with Crippen molar-refractivity contribution in [3.05, 3.63) is 69.4 Å². The highest BCUT2D eigenvalue weighted by Crippen LogP contribution is 2.32. The number of aromatic nitrogens is 2. The second-order valence-electron chi connectivity index (χ2n) is 5.14. The maximum absolute atomic E-state index is 12.7. The molecule has 0 bridgehead atoms. The lowest BCUT2D eigenvalue weighted by atomic mass is 9.98. The van der Waals surface area contributed by atoms with Gasteiger partial charge in [-0.15, -0.1) is 0 Å². The maximum Gasteiger partial charge on any atom is 0.331 e. The molecule has 22 heavy (non-hydrogen) atoms. The van der Waals surface area contributed by atoms with E-state index >= 15 is 0 Å². The fraction of sp³-hybridized carbons (Fsp3) is 0. The largest absolute Gasteiger partial charge is 0.408 e. The number of benzene rings is 3. The van der Waals surface area contributed by atoms with E-state index in [1.165, 1.54) is 3.55 Å². The van der Waals surface area contributed by atoms with Gasteiger partial charge < -0.3 is 7.10 Å². The number of hydrogen-bond acceptors (Lipinski definition) is 2. The third-order valence-electron chi connectivity index (χ3n) is 3.99. The standard InChI is InChI=1S/C16H10N2O2.2Al/c19-15-13-11-7-3-1-5-9(11)10-6-2-4-8-12(10)14(13)17-16(20)18-15;;/h1-8H,(H2,17,18,19,20);;/q;2*+1/p-2. The van der Waals surface area contributed by atoms with Gasteiger partial charge in [0.05, 0.1) is 5.39 Å². The molecule has 4 radical (unpaired) electrons. The zero-order valence-corrected chi connectivity index (χ0v) is 13.8. The summed E-state index contributed by atoms with van der Waals surface area (Å²) in [6.45, 7) is 0. The van der Waals surface area contributed by atoms with Crippen LogP contribution in [0.2, 0.25) is 0 Å². The molecule has 1 aromatic heterocycles. The molecule has 0 fully saturated rings. The summed E-state index contributed by atoms with van der Waals surface area (Å²) in [5.74, 6) is 0. The zero-order valence-electron chi connectivity index (χ0n) is 11.5. The van der Waals surface area contributed by atoms with Crippen LogP contribution in [0.5, 0.6) is 0 Å². The van der Waals surface area contributed by atoms with Gasteiger partial charge in [-0.1, -0.05) is 48.5 Å². The summed E-state index contributed by atoms with van der Waals surface area (Å²) < 4.78 is 2.52. The third kappa shape index (κ3) is 1.70. The lowest BCUT2D eigenvalue weighted by Gasteiger charge is -2.15. The van der Waals surface area contributed by atoms with Crippen LogP contribution in [-0.2, 0) is 0 Å². The van der Waals surface area contributed by atoms with Gasteiger partial charge in [0.25, 0.3) is 5.69 Å². The van der Waals surface area contributed by atoms with Crippen molar-refractivity contribution in [1.29, 1.82) is 0 Å². The Kier molecular flexibility index (Phi) is 3.04. The smallest absolute Gasteiger partial charge is 0.331 e. The van der Waals surface area contributed by atoms with Crippen molar-refractivity contribution in [1.82, 2.24) is 7.10 Å². The molecule has 4 aromatic rings. The van der Waals surface area contributed by atoms with E-state index in [0.29, 0.717) is 10.9 Å². The summed E-state index contributed by atoms with van der Waals surface area (Å²) >= 11 is 4.61. The van der Waals surface area contributed by atoms with Crippen LogP contribution in [-0.4, -0.2) is 40.1 Å². The van der Waals surface area contributed by atoms with E-state index in [2.05, 4.69) is 33.0 Å².